The smallest absolute Gasteiger partial charge is 0.338 e. The number of carbonyl (C=O) groups excluding carboxylic acids is 2. The molecule has 1 aromatic carbocycles. The van der Waals surface area contributed by atoms with E-state index in [0.717, 1.165) is 18.2 Å². The van der Waals surface area contributed by atoms with Crippen molar-refractivity contribution >= 4 is 27.6 Å². The Hall–Kier alpha value is -2.09. The molecule has 24 heavy (non-hydrogen) atoms. The quantitative estimate of drug-likeness (QED) is 0.772. The van der Waals surface area contributed by atoms with E-state index in [4.69, 9.17) is 4.74 Å². The molecule has 0 saturated heterocycles. The molecule has 1 heterocycles. The molecule has 2 rings (SSSR count). The number of carbonyl (C=O) groups is 2. The number of anilines is 1. The summed E-state index contributed by atoms with van der Waals surface area (Å²) in [6, 6.07) is 4.55. The maximum absolute atomic E-state index is 12.0. The van der Waals surface area contributed by atoms with Gasteiger partial charge in [-0.2, -0.15) is 0 Å². The molecule has 0 spiro atoms. The van der Waals surface area contributed by atoms with Crippen molar-refractivity contribution in [2.45, 2.75) is 32.7 Å². The zero-order valence-electron chi connectivity index (χ0n) is 14.0. The van der Waals surface area contributed by atoms with Crippen LogP contribution in [0.5, 0.6) is 0 Å². The van der Waals surface area contributed by atoms with Gasteiger partial charge in [0.2, 0.25) is 10.0 Å². The van der Waals surface area contributed by atoms with Crippen LogP contribution in [0, 0.1) is 0 Å². The molecule has 1 aromatic rings. The van der Waals surface area contributed by atoms with Gasteiger partial charge in [-0.3, -0.25) is 9.10 Å². The summed E-state index contributed by atoms with van der Waals surface area (Å²) < 4.78 is 30.1. The summed E-state index contributed by atoms with van der Waals surface area (Å²) in [5, 5.41) is 2.62. The second kappa shape index (κ2) is 7.21. The first-order valence-corrected chi connectivity index (χ1v) is 9.65. The number of nitrogens with zero attached hydrogens (tertiary/aromatic N) is 1. The van der Waals surface area contributed by atoms with Crippen molar-refractivity contribution < 1.29 is 22.7 Å². The van der Waals surface area contributed by atoms with Crippen LogP contribution in [0.15, 0.2) is 18.2 Å². The number of benzene rings is 1. The van der Waals surface area contributed by atoms with Gasteiger partial charge in [-0.1, -0.05) is 6.92 Å². The van der Waals surface area contributed by atoms with E-state index in [1.165, 1.54) is 10.4 Å². The Bertz CT molecular complexity index is 745. The van der Waals surface area contributed by atoms with Gasteiger partial charge in [0.05, 0.1) is 17.5 Å². The number of esters is 1. The molecule has 132 valence electrons. The van der Waals surface area contributed by atoms with Crippen molar-refractivity contribution in [3.05, 3.63) is 29.3 Å². The van der Waals surface area contributed by atoms with Crippen LogP contribution in [0.4, 0.5) is 5.69 Å². The Morgan fingerprint density at radius 2 is 2.08 bits per heavy atom. The summed E-state index contributed by atoms with van der Waals surface area (Å²) in [4.78, 5) is 23.5. The van der Waals surface area contributed by atoms with E-state index < -0.39 is 16.0 Å². The first-order valence-electron chi connectivity index (χ1n) is 7.80. The molecule has 1 N–H and O–H groups in total. The van der Waals surface area contributed by atoms with Crippen LogP contribution >= 0.6 is 0 Å². The molecule has 0 aromatic heterocycles. The van der Waals surface area contributed by atoms with Crippen LogP contribution in [0.25, 0.3) is 0 Å². The number of hydrogen-bond acceptors (Lipinski definition) is 5. The van der Waals surface area contributed by atoms with E-state index in [0.29, 0.717) is 24.2 Å². The lowest BCUT2D eigenvalue weighted by Crippen LogP contribution is -2.34. The lowest BCUT2D eigenvalue weighted by molar-refractivity contribution is -0.124. The second-order valence-corrected chi connectivity index (χ2v) is 7.74. The van der Waals surface area contributed by atoms with Crippen LogP contribution in [0.3, 0.4) is 0 Å². The summed E-state index contributed by atoms with van der Waals surface area (Å²) in [7, 11) is -3.36. The molecular formula is C16H22N2O5S. The Kier molecular flexibility index (Phi) is 5.48. The van der Waals surface area contributed by atoms with Crippen molar-refractivity contribution in [2.24, 2.45) is 0 Å². The Balaban J connectivity index is 2.08. The van der Waals surface area contributed by atoms with Crippen LogP contribution in [0.1, 0.15) is 36.2 Å². The highest BCUT2D eigenvalue weighted by atomic mass is 32.2. The van der Waals surface area contributed by atoms with E-state index in [1.54, 1.807) is 12.1 Å². The molecule has 1 atom stereocenters. The van der Waals surface area contributed by atoms with Gasteiger partial charge in [0, 0.05) is 12.6 Å². The fourth-order valence-corrected chi connectivity index (χ4v) is 4.03. The van der Waals surface area contributed by atoms with Crippen molar-refractivity contribution in [3.8, 4) is 0 Å². The summed E-state index contributed by atoms with van der Waals surface area (Å²) >= 11 is 0. The number of fused-ring (bicyclic) bond motifs is 1. The maximum Gasteiger partial charge on any atom is 0.338 e. The average Bonchev–Trinajstić information content (AvgIpc) is 2.85. The van der Waals surface area contributed by atoms with Crippen molar-refractivity contribution in [2.75, 3.05) is 23.7 Å². The highest BCUT2D eigenvalue weighted by Crippen LogP contribution is 2.34. The number of amides is 1. The minimum atomic E-state index is -3.36. The number of nitrogens with one attached hydrogen (secondary N) is 1. The van der Waals surface area contributed by atoms with Gasteiger partial charge in [-0.05, 0) is 43.5 Å². The van der Waals surface area contributed by atoms with E-state index in [9.17, 15) is 18.0 Å². The van der Waals surface area contributed by atoms with Crippen LogP contribution < -0.4 is 9.62 Å². The Morgan fingerprint density at radius 3 is 2.71 bits per heavy atom. The topological polar surface area (TPSA) is 92.8 Å². The molecular weight excluding hydrogens is 332 g/mol. The van der Waals surface area contributed by atoms with Crippen LogP contribution in [-0.4, -0.2) is 45.7 Å². The lowest BCUT2D eigenvalue weighted by Gasteiger charge is -2.21. The summed E-state index contributed by atoms with van der Waals surface area (Å²) in [6.07, 6.45) is 2.50. The lowest BCUT2D eigenvalue weighted by atomic mass is 10.1. The maximum atomic E-state index is 12.0. The second-order valence-electron chi connectivity index (χ2n) is 5.88. The zero-order chi connectivity index (χ0) is 17.9. The average molecular weight is 354 g/mol. The van der Waals surface area contributed by atoms with Crippen molar-refractivity contribution in [1.82, 2.24) is 5.32 Å². The van der Waals surface area contributed by atoms with Crippen molar-refractivity contribution in [1.29, 1.82) is 0 Å². The molecule has 0 unspecified atom stereocenters. The van der Waals surface area contributed by atoms with Gasteiger partial charge in [0.15, 0.2) is 6.61 Å². The minimum absolute atomic E-state index is 0.193. The van der Waals surface area contributed by atoms with E-state index in [2.05, 4.69) is 5.32 Å². The van der Waals surface area contributed by atoms with Gasteiger partial charge in [-0.25, -0.2) is 13.2 Å². The molecule has 0 bridgehead atoms. The first kappa shape index (κ1) is 18.3. The molecule has 7 nitrogen and oxygen atoms in total. The first-order chi connectivity index (χ1) is 11.2. The van der Waals surface area contributed by atoms with Crippen LogP contribution in [-0.2, 0) is 26.0 Å². The summed E-state index contributed by atoms with van der Waals surface area (Å²) in [6.45, 7) is 3.95. The Labute approximate surface area is 142 Å². The van der Waals surface area contributed by atoms with Gasteiger partial charge < -0.3 is 10.1 Å². The van der Waals surface area contributed by atoms with E-state index in [1.807, 2.05) is 13.8 Å². The highest BCUT2D eigenvalue weighted by molar-refractivity contribution is 7.92. The molecule has 0 radical (unpaired) electrons. The molecule has 1 aliphatic rings. The van der Waals surface area contributed by atoms with Crippen LogP contribution in [0.2, 0.25) is 0 Å². The molecule has 1 aliphatic heterocycles. The fraction of sp³-hybridized carbons (Fsp3) is 0.500. The summed E-state index contributed by atoms with van der Waals surface area (Å²) in [5.74, 6) is -0.946. The number of hydrogen-bond donors (Lipinski definition) is 1. The number of sulfonamides is 1. The standard InChI is InChI=1S/C16H22N2O5S/c1-4-7-17-15(19)10-23-16(20)12-5-6-14-13(9-12)8-11(2)18(14)24(3,21)22/h5-6,9,11H,4,7-8,10H2,1-3H3,(H,17,19)/t11-/m1/s1. The monoisotopic (exact) mass is 354 g/mol. The number of rotatable bonds is 6. The third-order valence-electron chi connectivity index (χ3n) is 3.73. The third kappa shape index (κ3) is 4.05. The van der Waals surface area contributed by atoms with Gasteiger partial charge in [0.1, 0.15) is 0 Å². The number of ether oxygens (including phenoxy) is 1. The largest absolute Gasteiger partial charge is 0.452 e. The molecule has 8 heteroatoms. The van der Waals surface area contributed by atoms with Gasteiger partial charge in [-0.15, -0.1) is 0 Å². The predicted molar refractivity (Wildman–Crippen MR) is 90.5 cm³/mol. The molecule has 1 amide bonds. The van der Waals surface area contributed by atoms with Crippen molar-refractivity contribution in [3.63, 3.8) is 0 Å². The van der Waals surface area contributed by atoms with Gasteiger partial charge >= 0.3 is 5.97 Å². The summed E-state index contributed by atoms with van der Waals surface area (Å²) in [5.41, 5.74) is 1.67. The minimum Gasteiger partial charge on any atom is -0.452 e. The molecule has 0 aliphatic carbocycles. The third-order valence-corrected chi connectivity index (χ3v) is 5.00. The highest BCUT2D eigenvalue weighted by Gasteiger charge is 2.32. The zero-order valence-corrected chi connectivity index (χ0v) is 14.9. The molecule has 0 saturated carbocycles. The van der Waals surface area contributed by atoms with Gasteiger partial charge in [0.25, 0.3) is 5.91 Å². The normalized spacial score (nSPS) is 16.6. The fourth-order valence-electron chi connectivity index (χ4n) is 2.76. The van der Waals surface area contributed by atoms with E-state index in [-0.39, 0.29) is 18.6 Å². The predicted octanol–water partition coefficient (Wildman–Crippen LogP) is 1.08. The Morgan fingerprint density at radius 1 is 1.38 bits per heavy atom. The molecule has 0 fully saturated rings. The van der Waals surface area contributed by atoms with E-state index >= 15 is 0 Å². The SMILES string of the molecule is CCCNC(=O)COC(=O)c1ccc2c(c1)C[C@@H](C)N2S(C)(=O)=O.